The third-order valence-corrected chi connectivity index (χ3v) is 3.95. The molecule has 0 atom stereocenters. The topological polar surface area (TPSA) is 48.5 Å². The van der Waals surface area contributed by atoms with Crippen LogP contribution in [-0.2, 0) is 26.3 Å². The average molecular weight is 513 g/mol. The number of hydrogen-bond donors (Lipinski definition) is 1. The largest absolute Gasteiger partial charge is 1.00 e. The first-order valence-electron chi connectivity index (χ1n) is 7.21. The van der Waals surface area contributed by atoms with Gasteiger partial charge >= 0.3 is 19.8 Å². The van der Waals surface area contributed by atoms with Crippen LogP contribution in [0.5, 0.6) is 0 Å². The molecular formula is C18H16N3OOsS. The Labute approximate surface area is 159 Å². The smallest absolute Gasteiger partial charge is 0.604 e. The first-order chi connectivity index (χ1) is 11.2. The minimum absolute atomic E-state index is 0. The molecule has 0 saturated carbocycles. The van der Waals surface area contributed by atoms with Crippen LogP contribution in [0.1, 0.15) is 15.9 Å². The molecule has 1 aromatic heterocycles. The van der Waals surface area contributed by atoms with E-state index in [4.69, 9.17) is 0 Å². The van der Waals surface area contributed by atoms with Crippen molar-refractivity contribution in [3.63, 3.8) is 0 Å². The van der Waals surface area contributed by atoms with Crippen molar-refractivity contribution in [3.8, 4) is 0 Å². The molecule has 3 aromatic rings. The molecule has 3 rings (SSSR count). The third kappa shape index (κ3) is 3.77. The fraction of sp³-hybridized carbons (Fsp3) is 0.111. The Morgan fingerprint density at radius 2 is 1.88 bits per heavy atom. The van der Waals surface area contributed by atoms with E-state index in [9.17, 15) is 4.79 Å². The maximum Gasteiger partial charge on any atom is 1.00 e. The summed E-state index contributed by atoms with van der Waals surface area (Å²) < 4.78 is 2.06. The predicted octanol–water partition coefficient (Wildman–Crippen LogP) is 3.61. The van der Waals surface area contributed by atoms with Crippen molar-refractivity contribution in [2.75, 3.05) is 7.05 Å². The van der Waals surface area contributed by atoms with E-state index in [-0.39, 0.29) is 19.8 Å². The van der Waals surface area contributed by atoms with Gasteiger partial charge in [0, 0.05) is 23.0 Å². The van der Waals surface area contributed by atoms with Gasteiger partial charge in [-0.3, -0.25) is 4.79 Å². The number of pyridine rings is 1. The molecule has 0 aliphatic rings. The number of benzene rings is 2. The second-order valence-corrected chi connectivity index (χ2v) is 5.68. The summed E-state index contributed by atoms with van der Waals surface area (Å²) >= 11 is 4.31. The van der Waals surface area contributed by atoms with Gasteiger partial charge in [0.25, 0.3) is 0 Å². The first kappa shape index (κ1) is 18.4. The Morgan fingerprint density at radius 1 is 1.17 bits per heavy atom. The number of fused-ring (bicyclic) bond motifs is 1. The SMILES string of the molecule is C[N-]/N=c1\c(C=O)cn(Cc2ccc(S)cc2)c2ccccc12.[Os+]. The van der Waals surface area contributed by atoms with E-state index >= 15 is 0 Å². The summed E-state index contributed by atoms with van der Waals surface area (Å²) in [5.74, 6) is 0. The van der Waals surface area contributed by atoms with Crippen LogP contribution in [0.4, 0.5) is 0 Å². The van der Waals surface area contributed by atoms with E-state index in [2.05, 4.69) is 27.7 Å². The molecule has 0 N–H and O–H groups in total. The number of hydrogen-bond acceptors (Lipinski definition) is 3. The summed E-state index contributed by atoms with van der Waals surface area (Å²) in [5, 5.41) is 5.66. The van der Waals surface area contributed by atoms with Crippen molar-refractivity contribution in [1.82, 2.24) is 4.57 Å². The summed E-state index contributed by atoms with van der Waals surface area (Å²) in [7, 11) is 1.60. The standard InChI is InChI=1S/C18H16N3OS.Os/c1-19-20-18-14(12-22)11-21(17-5-3-2-4-16(17)18)10-13-6-8-15(23)9-7-13;/h2-9,11-12,23H,10H2,1H3;/q-1;+1/b20-18+;. The minimum Gasteiger partial charge on any atom is -0.604 e. The maximum atomic E-state index is 11.5. The van der Waals surface area contributed by atoms with Gasteiger partial charge in [-0.1, -0.05) is 30.3 Å². The number of para-hydroxylation sites is 1. The van der Waals surface area contributed by atoms with Crippen LogP contribution in [0.15, 0.2) is 64.7 Å². The Hall–Kier alpha value is -1.89. The van der Waals surface area contributed by atoms with Gasteiger partial charge in [-0.15, -0.1) is 19.7 Å². The van der Waals surface area contributed by atoms with E-state index in [0.717, 1.165) is 27.6 Å². The molecule has 1 heterocycles. The number of aromatic nitrogens is 1. The van der Waals surface area contributed by atoms with Gasteiger partial charge in [0.15, 0.2) is 6.29 Å². The van der Waals surface area contributed by atoms with E-state index in [0.29, 0.717) is 17.5 Å². The van der Waals surface area contributed by atoms with Crippen molar-refractivity contribution >= 4 is 29.8 Å². The quantitative estimate of drug-likeness (QED) is 0.324. The molecular weight excluding hydrogens is 497 g/mol. The van der Waals surface area contributed by atoms with E-state index in [1.54, 1.807) is 7.05 Å². The van der Waals surface area contributed by atoms with Gasteiger partial charge in [-0.2, -0.15) is 0 Å². The fourth-order valence-corrected chi connectivity index (χ4v) is 2.75. The van der Waals surface area contributed by atoms with Crippen molar-refractivity contribution < 1.29 is 24.6 Å². The molecule has 0 aliphatic heterocycles. The summed E-state index contributed by atoms with van der Waals surface area (Å²) in [6.45, 7) is 0.666. The Balaban J connectivity index is 0.00000208. The van der Waals surface area contributed by atoms with Gasteiger partial charge in [-0.05, 0) is 23.8 Å². The van der Waals surface area contributed by atoms with Crippen LogP contribution < -0.4 is 5.36 Å². The van der Waals surface area contributed by atoms with Crippen molar-refractivity contribution in [2.24, 2.45) is 5.10 Å². The van der Waals surface area contributed by atoms with Crippen LogP contribution in [0, 0.1) is 0 Å². The predicted molar refractivity (Wildman–Crippen MR) is 95.0 cm³/mol. The van der Waals surface area contributed by atoms with E-state index in [1.165, 1.54) is 0 Å². The minimum atomic E-state index is 0. The van der Waals surface area contributed by atoms with Crippen LogP contribution in [0.25, 0.3) is 16.3 Å². The summed E-state index contributed by atoms with van der Waals surface area (Å²) in [6, 6.07) is 15.9. The zero-order valence-corrected chi connectivity index (χ0v) is 16.5. The molecule has 6 heteroatoms. The zero-order chi connectivity index (χ0) is 16.2. The van der Waals surface area contributed by atoms with Gasteiger partial charge in [0.2, 0.25) is 0 Å². The van der Waals surface area contributed by atoms with E-state index in [1.807, 2.05) is 54.7 Å². The van der Waals surface area contributed by atoms with Crippen LogP contribution >= 0.6 is 12.6 Å². The van der Waals surface area contributed by atoms with Crippen LogP contribution in [0.2, 0.25) is 0 Å². The monoisotopic (exact) mass is 514 g/mol. The second-order valence-electron chi connectivity index (χ2n) is 5.16. The fourth-order valence-electron chi connectivity index (χ4n) is 2.61. The molecule has 123 valence electrons. The molecule has 0 unspecified atom stereocenters. The number of carbonyl (C=O) groups is 1. The zero-order valence-electron chi connectivity index (χ0n) is 13.0. The Kier molecular flexibility index (Phi) is 6.36. The normalized spacial score (nSPS) is 11.2. The molecule has 0 amide bonds. The average Bonchev–Trinajstić information content (AvgIpc) is 2.59. The molecule has 24 heavy (non-hydrogen) atoms. The van der Waals surface area contributed by atoms with Crippen LogP contribution in [0.3, 0.4) is 0 Å². The Bertz CT molecular complexity index is 920. The summed E-state index contributed by atoms with van der Waals surface area (Å²) in [5.41, 5.74) is 6.51. The van der Waals surface area contributed by atoms with Crippen LogP contribution in [-0.4, -0.2) is 17.9 Å². The Morgan fingerprint density at radius 3 is 2.54 bits per heavy atom. The molecule has 4 nitrogen and oxygen atoms in total. The summed E-state index contributed by atoms with van der Waals surface area (Å²) in [4.78, 5) is 12.4. The third-order valence-electron chi connectivity index (χ3n) is 3.65. The van der Waals surface area contributed by atoms with Crippen molar-refractivity contribution in [1.29, 1.82) is 0 Å². The van der Waals surface area contributed by atoms with E-state index < -0.39 is 0 Å². The number of carbonyl (C=O) groups excluding carboxylic acids is 1. The molecule has 0 fully saturated rings. The molecule has 0 bridgehead atoms. The van der Waals surface area contributed by atoms with Crippen molar-refractivity contribution in [3.05, 3.63) is 76.6 Å². The molecule has 0 aliphatic carbocycles. The number of rotatable bonds is 4. The number of nitrogens with zero attached hydrogens (tertiary/aromatic N) is 3. The van der Waals surface area contributed by atoms with Gasteiger partial charge in [0.05, 0.1) is 16.4 Å². The molecule has 0 saturated heterocycles. The molecule has 1 radical (unpaired) electrons. The first-order valence-corrected chi connectivity index (χ1v) is 7.65. The maximum absolute atomic E-state index is 11.5. The second kappa shape index (κ2) is 8.28. The van der Waals surface area contributed by atoms with Crippen molar-refractivity contribution in [2.45, 2.75) is 11.4 Å². The number of aldehydes is 1. The summed E-state index contributed by atoms with van der Waals surface area (Å²) in [6.07, 6.45) is 2.65. The molecule has 0 spiro atoms. The molecule has 2 aromatic carbocycles. The number of thiol groups is 1. The van der Waals surface area contributed by atoms with Gasteiger partial charge < -0.3 is 15.1 Å². The van der Waals surface area contributed by atoms with Gasteiger partial charge in [0.1, 0.15) is 0 Å². The van der Waals surface area contributed by atoms with Gasteiger partial charge in [-0.25, -0.2) is 0 Å².